The summed E-state index contributed by atoms with van der Waals surface area (Å²) in [6.07, 6.45) is 12.4. The molecule has 15 heavy (non-hydrogen) atoms. The lowest BCUT2D eigenvalue weighted by molar-refractivity contribution is 0.702. The Bertz CT molecular complexity index is 311. The van der Waals surface area contributed by atoms with Crippen LogP contribution >= 0.6 is 0 Å². The monoisotopic (exact) mass is 204 g/mol. The summed E-state index contributed by atoms with van der Waals surface area (Å²) in [6, 6.07) is 0. The lowest BCUT2D eigenvalue weighted by Crippen LogP contribution is -2.01. The zero-order valence-corrected chi connectivity index (χ0v) is 8.82. The minimum Gasteiger partial charge on any atom is -0.260 e. The topological polar surface area (TPSA) is 50.2 Å². The van der Waals surface area contributed by atoms with Crippen LogP contribution in [0, 0.1) is 0 Å². The molecule has 1 aliphatic rings. The molecule has 1 N–H and O–H groups in total. The third-order valence-corrected chi connectivity index (χ3v) is 2.57. The van der Waals surface area contributed by atoms with E-state index in [1.165, 1.54) is 31.4 Å². The summed E-state index contributed by atoms with van der Waals surface area (Å²) in [4.78, 5) is 8.08. The van der Waals surface area contributed by atoms with E-state index >= 15 is 0 Å². The second kappa shape index (κ2) is 5.44. The van der Waals surface area contributed by atoms with E-state index in [2.05, 4.69) is 20.5 Å². The second-order valence-electron chi connectivity index (χ2n) is 3.79. The summed E-state index contributed by atoms with van der Waals surface area (Å²) in [5, 5.41) is 4.38. The Kier molecular flexibility index (Phi) is 3.65. The van der Waals surface area contributed by atoms with Crippen LogP contribution in [0.15, 0.2) is 23.7 Å². The molecule has 0 spiro atoms. The number of rotatable bonds is 2. The van der Waals surface area contributed by atoms with E-state index in [0.717, 1.165) is 12.8 Å². The van der Waals surface area contributed by atoms with Crippen molar-refractivity contribution in [1.82, 2.24) is 9.97 Å². The number of nitrogens with zero attached hydrogens (tertiary/aromatic N) is 3. The van der Waals surface area contributed by atoms with Crippen LogP contribution < -0.4 is 5.43 Å². The molecule has 1 heterocycles. The summed E-state index contributed by atoms with van der Waals surface area (Å²) in [7, 11) is 0. The van der Waals surface area contributed by atoms with Gasteiger partial charge in [0.2, 0.25) is 0 Å². The minimum atomic E-state index is 0.717. The zero-order chi connectivity index (χ0) is 10.3. The summed E-state index contributed by atoms with van der Waals surface area (Å²) < 4.78 is 0. The molecule has 0 unspecified atom stereocenters. The number of hydrazone groups is 1. The summed E-state index contributed by atoms with van der Waals surface area (Å²) in [6.45, 7) is 0. The maximum Gasteiger partial charge on any atom is 0.164 e. The molecule has 1 saturated carbocycles. The average molecular weight is 204 g/mol. The van der Waals surface area contributed by atoms with Gasteiger partial charge in [-0.05, 0) is 25.7 Å². The first-order valence-electron chi connectivity index (χ1n) is 5.52. The largest absolute Gasteiger partial charge is 0.260 e. The fourth-order valence-electron chi connectivity index (χ4n) is 1.74. The molecule has 2 rings (SSSR count). The van der Waals surface area contributed by atoms with Crippen LogP contribution in [-0.4, -0.2) is 15.7 Å². The average Bonchev–Trinajstić information content (AvgIpc) is 2.56. The Labute approximate surface area is 89.8 Å². The first kappa shape index (κ1) is 10.1. The summed E-state index contributed by atoms with van der Waals surface area (Å²) >= 11 is 0. The van der Waals surface area contributed by atoms with Crippen molar-refractivity contribution >= 4 is 11.5 Å². The molecule has 1 fully saturated rings. The third kappa shape index (κ3) is 3.31. The standard InChI is InChI=1S/C11H16N4/c1-2-4-6-10(5-3-1)14-15-11-9-12-7-8-13-11/h7-9H,1-6H2,(H,13,15). The van der Waals surface area contributed by atoms with Gasteiger partial charge in [-0.1, -0.05) is 12.8 Å². The fourth-order valence-corrected chi connectivity index (χ4v) is 1.74. The lowest BCUT2D eigenvalue weighted by atomic mass is 10.2. The minimum absolute atomic E-state index is 0.717. The molecule has 1 aromatic rings. The lowest BCUT2D eigenvalue weighted by Gasteiger charge is -2.02. The van der Waals surface area contributed by atoms with Crippen molar-refractivity contribution in [2.75, 3.05) is 5.43 Å². The van der Waals surface area contributed by atoms with Crippen LogP contribution in [0.25, 0.3) is 0 Å². The van der Waals surface area contributed by atoms with E-state index in [1.807, 2.05) is 0 Å². The van der Waals surface area contributed by atoms with E-state index in [-0.39, 0.29) is 0 Å². The SMILES string of the molecule is c1cnc(NN=C2CCCCCC2)cn1. The molecular weight excluding hydrogens is 188 g/mol. The molecule has 80 valence electrons. The summed E-state index contributed by atoms with van der Waals surface area (Å²) in [5.74, 6) is 0.717. The van der Waals surface area contributed by atoms with Crippen LogP contribution in [-0.2, 0) is 0 Å². The fraction of sp³-hybridized carbons (Fsp3) is 0.545. The number of nitrogens with one attached hydrogen (secondary N) is 1. The maximum absolute atomic E-state index is 4.38. The van der Waals surface area contributed by atoms with Crippen molar-refractivity contribution in [3.05, 3.63) is 18.6 Å². The molecule has 0 saturated heterocycles. The third-order valence-electron chi connectivity index (χ3n) is 2.57. The van der Waals surface area contributed by atoms with Gasteiger partial charge < -0.3 is 0 Å². The smallest absolute Gasteiger partial charge is 0.164 e. The Morgan fingerprint density at radius 2 is 1.87 bits per heavy atom. The van der Waals surface area contributed by atoms with Crippen molar-refractivity contribution in [3.63, 3.8) is 0 Å². The molecule has 1 aromatic heterocycles. The predicted molar refractivity (Wildman–Crippen MR) is 60.8 cm³/mol. The van der Waals surface area contributed by atoms with Crippen LogP contribution in [0.2, 0.25) is 0 Å². The van der Waals surface area contributed by atoms with Gasteiger partial charge in [-0.3, -0.25) is 10.4 Å². The zero-order valence-electron chi connectivity index (χ0n) is 8.82. The van der Waals surface area contributed by atoms with Crippen LogP contribution in [0.3, 0.4) is 0 Å². The summed E-state index contributed by atoms with van der Waals surface area (Å²) in [5.41, 5.74) is 4.22. The van der Waals surface area contributed by atoms with Crippen LogP contribution in [0.5, 0.6) is 0 Å². The molecule has 1 aliphatic carbocycles. The molecule has 4 heteroatoms. The van der Waals surface area contributed by atoms with E-state index in [0.29, 0.717) is 5.82 Å². The van der Waals surface area contributed by atoms with Gasteiger partial charge in [-0.15, -0.1) is 0 Å². The van der Waals surface area contributed by atoms with Gasteiger partial charge in [0.25, 0.3) is 0 Å². The molecule has 0 radical (unpaired) electrons. The van der Waals surface area contributed by atoms with Crippen molar-refractivity contribution in [1.29, 1.82) is 0 Å². The van der Waals surface area contributed by atoms with Gasteiger partial charge in [0.05, 0.1) is 6.20 Å². The highest BCUT2D eigenvalue weighted by atomic mass is 15.3. The molecule has 0 atom stereocenters. The van der Waals surface area contributed by atoms with E-state index in [4.69, 9.17) is 0 Å². The highest BCUT2D eigenvalue weighted by molar-refractivity contribution is 5.85. The quantitative estimate of drug-likeness (QED) is 0.595. The van der Waals surface area contributed by atoms with Crippen molar-refractivity contribution in [2.24, 2.45) is 5.10 Å². The Morgan fingerprint density at radius 3 is 2.53 bits per heavy atom. The first-order chi connectivity index (χ1) is 7.45. The number of hydrogen-bond donors (Lipinski definition) is 1. The second-order valence-corrected chi connectivity index (χ2v) is 3.79. The first-order valence-corrected chi connectivity index (χ1v) is 5.52. The van der Waals surface area contributed by atoms with Crippen LogP contribution in [0.1, 0.15) is 38.5 Å². The number of aromatic nitrogens is 2. The van der Waals surface area contributed by atoms with Crippen molar-refractivity contribution in [2.45, 2.75) is 38.5 Å². The van der Waals surface area contributed by atoms with Gasteiger partial charge in [-0.2, -0.15) is 5.10 Å². The molecule has 0 amide bonds. The highest BCUT2D eigenvalue weighted by Gasteiger charge is 2.05. The van der Waals surface area contributed by atoms with Gasteiger partial charge in [0, 0.05) is 18.1 Å². The van der Waals surface area contributed by atoms with E-state index in [9.17, 15) is 0 Å². The highest BCUT2D eigenvalue weighted by Crippen LogP contribution is 2.15. The van der Waals surface area contributed by atoms with Gasteiger partial charge in [0.1, 0.15) is 0 Å². The molecule has 4 nitrogen and oxygen atoms in total. The molecule has 0 aromatic carbocycles. The van der Waals surface area contributed by atoms with Crippen molar-refractivity contribution in [3.8, 4) is 0 Å². The van der Waals surface area contributed by atoms with Gasteiger partial charge >= 0.3 is 0 Å². The number of anilines is 1. The van der Waals surface area contributed by atoms with E-state index in [1.54, 1.807) is 18.6 Å². The predicted octanol–water partition coefficient (Wildman–Crippen LogP) is 2.60. The molecule has 0 aliphatic heterocycles. The van der Waals surface area contributed by atoms with Gasteiger partial charge in [-0.25, -0.2) is 4.98 Å². The van der Waals surface area contributed by atoms with Gasteiger partial charge in [0.15, 0.2) is 5.82 Å². The van der Waals surface area contributed by atoms with Crippen molar-refractivity contribution < 1.29 is 0 Å². The Balaban J connectivity index is 1.92. The van der Waals surface area contributed by atoms with Crippen LogP contribution in [0.4, 0.5) is 5.82 Å². The Morgan fingerprint density at radius 1 is 1.07 bits per heavy atom. The maximum atomic E-state index is 4.38. The Hall–Kier alpha value is -1.45. The molecular formula is C11H16N4. The normalized spacial score (nSPS) is 16.9. The molecule has 0 bridgehead atoms. The van der Waals surface area contributed by atoms with E-state index < -0.39 is 0 Å². The number of hydrogen-bond acceptors (Lipinski definition) is 4.